The van der Waals surface area contributed by atoms with Gasteiger partial charge in [-0.25, -0.2) is 4.79 Å². The number of hydrogen-bond acceptors (Lipinski definition) is 4. The summed E-state index contributed by atoms with van der Waals surface area (Å²) in [5.41, 5.74) is 6.27. The van der Waals surface area contributed by atoms with E-state index < -0.39 is 5.97 Å². The highest BCUT2D eigenvalue weighted by atomic mass is 79.9. The number of hydrogen-bond donors (Lipinski definition) is 0. The Morgan fingerprint density at radius 3 is 2.25 bits per heavy atom. The van der Waals surface area contributed by atoms with E-state index in [0.29, 0.717) is 29.5 Å². The van der Waals surface area contributed by atoms with E-state index in [2.05, 4.69) is 33.0 Å². The van der Waals surface area contributed by atoms with Gasteiger partial charge in [0.2, 0.25) is 0 Å². The number of nitrogens with zero attached hydrogens (tertiary/aromatic N) is 2. The molecular weight excluding hydrogens is 588 g/mol. The largest absolute Gasteiger partial charge is 0.488 e. The number of pyridine rings is 1. The van der Waals surface area contributed by atoms with E-state index in [1.54, 1.807) is 19.2 Å². The number of aromatic nitrogens is 2. The number of rotatable bonds is 8. The summed E-state index contributed by atoms with van der Waals surface area (Å²) in [6.07, 6.45) is 3.22. The summed E-state index contributed by atoms with van der Waals surface area (Å²) < 4.78 is 13.3. The zero-order valence-electron chi connectivity index (χ0n) is 22.4. The second kappa shape index (κ2) is 14.5. The zero-order valence-corrected chi connectivity index (χ0v) is 24.7. The lowest BCUT2D eigenvalue weighted by Crippen LogP contribution is -2.07. The van der Waals surface area contributed by atoms with E-state index in [1.165, 1.54) is 11.8 Å². The van der Waals surface area contributed by atoms with Crippen LogP contribution in [0.5, 0.6) is 5.75 Å². The first-order chi connectivity index (χ1) is 19.5. The van der Waals surface area contributed by atoms with E-state index in [4.69, 9.17) is 21.1 Å². The van der Waals surface area contributed by atoms with Crippen LogP contribution in [-0.4, -0.2) is 22.1 Å². The second-order valence-electron chi connectivity index (χ2n) is 8.88. The number of benzene rings is 3. The highest BCUT2D eigenvalue weighted by Crippen LogP contribution is 2.36. The summed E-state index contributed by atoms with van der Waals surface area (Å²) >= 11 is 9.71. The molecule has 0 N–H and O–H groups in total. The van der Waals surface area contributed by atoms with E-state index in [1.807, 2.05) is 90.4 Å². The average molecular weight is 618 g/mol. The minimum Gasteiger partial charge on any atom is -0.488 e. The summed E-state index contributed by atoms with van der Waals surface area (Å²) in [5.74, 6) is 0.315. The van der Waals surface area contributed by atoms with Crippen molar-refractivity contribution in [2.24, 2.45) is 0 Å². The monoisotopic (exact) mass is 616 g/mol. The summed E-state index contributed by atoms with van der Waals surface area (Å²) in [6, 6.07) is 31.6. The predicted octanol–water partition coefficient (Wildman–Crippen LogP) is 8.84. The van der Waals surface area contributed by atoms with Crippen LogP contribution in [0.2, 0.25) is 5.02 Å². The molecule has 0 unspecified atom stereocenters. The van der Waals surface area contributed by atoms with Crippen molar-refractivity contribution >= 4 is 33.5 Å². The fraction of sp³-hybridized carbons (Fsp3) is 0.152. The Kier molecular flexibility index (Phi) is 10.6. The first-order valence-corrected chi connectivity index (χ1v) is 14.4. The average Bonchev–Trinajstić information content (AvgIpc) is 3.39. The maximum atomic E-state index is 12.2. The molecule has 0 spiro atoms. The van der Waals surface area contributed by atoms with E-state index in [-0.39, 0.29) is 0 Å². The number of carbonyl (C=O) groups excluding carboxylic acids is 1. The van der Waals surface area contributed by atoms with Crippen LogP contribution in [0.3, 0.4) is 0 Å². The topological polar surface area (TPSA) is 53.3 Å². The molecule has 0 aliphatic heterocycles. The Balaban J connectivity index is 0.000000398. The molecule has 0 aliphatic rings. The van der Waals surface area contributed by atoms with Gasteiger partial charge in [-0.15, -0.1) is 0 Å². The second-order valence-corrected chi connectivity index (χ2v) is 9.88. The van der Waals surface area contributed by atoms with Crippen LogP contribution >= 0.6 is 27.5 Å². The number of carbonyl (C=O) groups is 1. The van der Waals surface area contributed by atoms with Gasteiger partial charge in [-0.05, 0) is 61.4 Å². The molecule has 0 atom stereocenters. The van der Waals surface area contributed by atoms with Gasteiger partial charge in [0.25, 0.3) is 0 Å². The summed E-state index contributed by atoms with van der Waals surface area (Å²) in [4.78, 5) is 16.5. The fourth-order valence-corrected chi connectivity index (χ4v) is 4.64. The van der Waals surface area contributed by atoms with Gasteiger partial charge in [0.1, 0.15) is 12.4 Å². The number of alkyl halides is 1. The Morgan fingerprint density at radius 2 is 1.60 bits per heavy atom. The van der Waals surface area contributed by atoms with E-state index in [9.17, 15) is 4.79 Å². The van der Waals surface area contributed by atoms with Crippen LogP contribution in [-0.2, 0) is 16.7 Å². The molecule has 0 radical (unpaired) electrons. The van der Waals surface area contributed by atoms with Gasteiger partial charge < -0.3 is 14.0 Å². The molecule has 7 heteroatoms. The first kappa shape index (κ1) is 29.1. The van der Waals surface area contributed by atoms with Gasteiger partial charge in [-0.3, -0.25) is 4.98 Å². The van der Waals surface area contributed by atoms with Crippen LogP contribution in [0.15, 0.2) is 109 Å². The van der Waals surface area contributed by atoms with E-state index in [0.717, 1.165) is 33.5 Å². The Morgan fingerprint density at radius 1 is 0.900 bits per heavy atom. The third-order valence-corrected chi connectivity index (χ3v) is 6.90. The molecule has 5 aromatic rings. The molecule has 40 heavy (non-hydrogen) atoms. The van der Waals surface area contributed by atoms with Gasteiger partial charge in [0, 0.05) is 27.8 Å². The van der Waals surface area contributed by atoms with Crippen molar-refractivity contribution in [1.29, 1.82) is 0 Å². The summed E-state index contributed by atoms with van der Waals surface area (Å²) in [5, 5.41) is 1.56. The van der Waals surface area contributed by atoms with Crippen molar-refractivity contribution in [1.82, 2.24) is 9.55 Å². The number of ether oxygens (including phenoxy) is 2. The lowest BCUT2D eigenvalue weighted by Gasteiger charge is -2.16. The molecule has 3 aromatic carbocycles. The molecule has 0 fully saturated rings. The van der Waals surface area contributed by atoms with Crippen molar-refractivity contribution < 1.29 is 14.3 Å². The number of aryl methyl sites for hydroxylation is 1. The molecule has 0 amide bonds. The van der Waals surface area contributed by atoms with Crippen LogP contribution in [0, 0.1) is 6.92 Å². The lowest BCUT2D eigenvalue weighted by atomic mass is 10.1. The molecule has 5 rings (SSSR count). The predicted molar refractivity (Wildman–Crippen MR) is 165 cm³/mol. The highest BCUT2D eigenvalue weighted by Gasteiger charge is 2.17. The van der Waals surface area contributed by atoms with Crippen molar-refractivity contribution in [3.05, 3.63) is 137 Å². The van der Waals surface area contributed by atoms with Crippen LogP contribution in [0.25, 0.3) is 16.9 Å². The van der Waals surface area contributed by atoms with E-state index >= 15 is 0 Å². The third-order valence-electron chi connectivity index (χ3n) is 6.02. The lowest BCUT2D eigenvalue weighted by molar-refractivity contribution is 0.0526. The molecule has 0 aliphatic carbocycles. The Labute approximate surface area is 248 Å². The maximum Gasteiger partial charge on any atom is 0.339 e. The molecule has 0 saturated carbocycles. The van der Waals surface area contributed by atoms with Gasteiger partial charge in [-0.2, -0.15) is 0 Å². The van der Waals surface area contributed by atoms with Crippen LogP contribution in [0.1, 0.15) is 34.1 Å². The molecule has 5 nitrogen and oxygen atoms in total. The third kappa shape index (κ3) is 7.62. The summed E-state index contributed by atoms with van der Waals surface area (Å²) in [6.45, 7) is 4.52. The first-order valence-electron chi connectivity index (χ1n) is 12.9. The molecule has 0 saturated heterocycles. The van der Waals surface area contributed by atoms with Crippen LogP contribution in [0.4, 0.5) is 0 Å². The van der Waals surface area contributed by atoms with Gasteiger partial charge in [-0.1, -0.05) is 88.2 Å². The highest BCUT2D eigenvalue weighted by molar-refractivity contribution is 9.08. The molecular formula is C33H30BrClN2O3. The maximum absolute atomic E-state index is 12.2. The molecule has 204 valence electrons. The molecule has 2 heterocycles. The van der Waals surface area contributed by atoms with Crippen molar-refractivity contribution in [2.45, 2.75) is 25.8 Å². The van der Waals surface area contributed by atoms with Crippen LogP contribution < -0.4 is 4.74 Å². The molecule has 2 aromatic heterocycles. The normalized spacial score (nSPS) is 10.4. The Bertz CT molecular complexity index is 1540. The van der Waals surface area contributed by atoms with Crippen molar-refractivity contribution in [2.75, 3.05) is 6.61 Å². The number of halogens is 2. The minimum atomic E-state index is -0.400. The quantitative estimate of drug-likeness (QED) is 0.129. The van der Waals surface area contributed by atoms with Gasteiger partial charge in [0.15, 0.2) is 0 Å². The van der Waals surface area contributed by atoms with Crippen molar-refractivity contribution in [3.63, 3.8) is 0 Å². The Hall–Kier alpha value is -3.87. The standard InChI is InChI=1S/C26H23ClN2O3.C7H7Br/c1-3-31-26(30)20-13-22(16-28-15-20)29-18(2)9-11-24(29)23-14-21(27)10-12-25(23)32-17-19-7-5-4-6-8-19;8-6-7-4-2-1-3-5-7/h4-16H,3,17H2,1-2H3;1-5H,6H2. The van der Waals surface area contributed by atoms with Crippen molar-refractivity contribution in [3.8, 4) is 22.7 Å². The smallest absolute Gasteiger partial charge is 0.339 e. The summed E-state index contributed by atoms with van der Waals surface area (Å²) in [7, 11) is 0. The number of esters is 1. The van der Waals surface area contributed by atoms with Gasteiger partial charge >= 0.3 is 5.97 Å². The minimum absolute atomic E-state index is 0.307. The van der Waals surface area contributed by atoms with Gasteiger partial charge in [0.05, 0.1) is 29.7 Å². The zero-order chi connectivity index (χ0) is 28.3. The SMILES string of the molecule is BrCc1ccccc1.CCOC(=O)c1cncc(-n2c(C)ccc2-c2cc(Cl)ccc2OCc2ccccc2)c1. The molecule has 0 bridgehead atoms. The fourth-order valence-electron chi connectivity index (χ4n) is 4.10.